The van der Waals surface area contributed by atoms with E-state index in [0.29, 0.717) is 18.8 Å². The summed E-state index contributed by atoms with van der Waals surface area (Å²) < 4.78 is 10.3. The first-order valence-electron chi connectivity index (χ1n) is 5.14. The highest BCUT2D eigenvalue weighted by atomic mass is 32.1. The van der Waals surface area contributed by atoms with E-state index >= 15 is 0 Å². The molecule has 6 nitrogen and oxygen atoms in total. The van der Waals surface area contributed by atoms with Crippen LogP contribution in [0.1, 0.15) is 6.42 Å². The summed E-state index contributed by atoms with van der Waals surface area (Å²) in [7, 11) is 0. The fourth-order valence-corrected chi connectivity index (χ4v) is 1.60. The lowest BCUT2D eigenvalue weighted by molar-refractivity contribution is -0.300. The first kappa shape index (κ1) is 14.2. The maximum atomic E-state index is 9.56. The number of ether oxygens (including phenoxy) is 2. The maximum Gasteiger partial charge on any atom is 0.186 e. The highest BCUT2D eigenvalue weighted by Gasteiger charge is 2.43. The summed E-state index contributed by atoms with van der Waals surface area (Å²) in [5, 5.41) is 37.4. The van der Waals surface area contributed by atoms with Gasteiger partial charge in [0.15, 0.2) is 6.29 Å². The highest BCUT2D eigenvalue weighted by molar-refractivity contribution is 7.80. The van der Waals surface area contributed by atoms with E-state index in [4.69, 9.17) is 14.6 Å². The van der Waals surface area contributed by atoms with Crippen molar-refractivity contribution in [2.24, 2.45) is 0 Å². The molecule has 5 atom stereocenters. The fourth-order valence-electron chi connectivity index (χ4n) is 1.47. The van der Waals surface area contributed by atoms with Gasteiger partial charge in [0.25, 0.3) is 0 Å². The molecule has 0 aromatic carbocycles. The second kappa shape index (κ2) is 6.75. The van der Waals surface area contributed by atoms with Crippen LogP contribution in [-0.4, -0.2) is 70.1 Å². The van der Waals surface area contributed by atoms with Gasteiger partial charge in [-0.05, 0) is 12.2 Å². The summed E-state index contributed by atoms with van der Waals surface area (Å²) in [6.45, 7) is -0.121. The number of aliphatic hydroxyl groups excluding tert-OH is 4. The smallest absolute Gasteiger partial charge is 0.186 e. The zero-order valence-electron chi connectivity index (χ0n) is 8.77. The molecule has 0 aromatic heterocycles. The molecule has 0 bridgehead atoms. The number of hydrogen-bond acceptors (Lipinski definition) is 7. The van der Waals surface area contributed by atoms with Gasteiger partial charge in [-0.15, -0.1) is 0 Å². The topological polar surface area (TPSA) is 99.4 Å². The van der Waals surface area contributed by atoms with Crippen LogP contribution in [0.5, 0.6) is 0 Å². The van der Waals surface area contributed by atoms with Crippen LogP contribution >= 0.6 is 12.6 Å². The van der Waals surface area contributed by atoms with Gasteiger partial charge in [0.1, 0.15) is 24.4 Å². The third kappa shape index (κ3) is 3.30. The fraction of sp³-hybridized carbons (Fsp3) is 1.00. The monoisotopic (exact) mass is 254 g/mol. The van der Waals surface area contributed by atoms with Crippen LogP contribution in [0.25, 0.3) is 0 Å². The summed E-state index contributed by atoms with van der Waals surface area (Å²) in [6, 6.07) is 0. The quantitative estimate of drug-likeness (QED) is 0.291. The molecule has 1 aliphatic heterocycles. The number of thiol groups is 1. The molecule has 16 heavy (non-hydrogen) atoms. The van der Waals surface area contributed by atoms with Gasteiger partial charge in [-0.3, -0.25) is 0 Å². The van der Waals surface area contributed by atoms with E-state index in [2.05, 4.69) is 12.6 Å². The molecule has 4 N–H and O–H groups in total. The van der Waals surface area contributed by atoms with Crippen LogP contribution < -0.4 is 0 Å². The molecular weight excluding hydrogens is 236 g/mol. The minimum absolute atomic E-state index is 0.326. The minimum Gasteiger partial charge on any atom is -0.394 e. The lowest BCUT2D eigenvalue weighted by Crippen LogP contribution is -2.59. The van der Waals surface area contributed by atoms with Gasteiger partial charge in [-0.2, -0.15) is 12.6 Å². The van der Waals surface area contributed by atoms with Crippen molar-refractivity contribution in [1.82, 2.24) is 0 Å². The van der Waals surface area contributed by atoms with E-state index in [1.807, 2.05) is 0 Å². The van der Waals surface area contributed by atoms with E-state index in [1.54, 1.807) is 0 Å². The third-order valence-electron chi connectivity index (χ3n) is 2.43. The van der Waals surface area contributed by atoms with Crippen molar-refractivity contribution in [2.45, 2.75) is 37.1 Å². The Kier molecular flexibility index (Phi) is 5.98. The van der Waals surface area contributed by atoms with E-state index < -0.39 is 37.3 Å². The molecule has 0 aromatic rings. The molecule has 1 fully saturated rings. The summed E-state index contributed by atoms with van der Waals surface area (Å²) in [4.78, 5) is 0. The molecule has 7 heteroatoms. The standard InChI is InChI=1S/C9H18O6S/c10-4-5-6(11)7(12)8(13)9(15-5)14-2-1-3-16/h5-13,16H,1-4H2/t5?,6-,7?,8+,9-/m1/s1. The normalized spacial score (nSPS) is 39.9. The van der Waals surface area contributed by atoms with Gasteiger partial charge in [-0.1, -0.05) is 0 Å². The van der Waals surface area contributed by atoms with E-state index in [9.17, 15) is 15.3 Å². The summed E-state index contributed by atoms with van der Waals surface area (Å²) in [6.07, 6.45) is -5.32. The van der Waals surface area contributed by atoms with Gasteiger partial charge in [-0.25, -0.2) is 0 Å². The molecule has 1 heterocycles. The largest absolute Gasteiger partial charge is 0.394 e. The van der Waals surface area contributed by atoms with Crippen molar-refractivity contribution in [3.05, 3.63) is 0 Å². The van der Waals surface area contributed by atoms with Crippen LogP contribution in [0, 0.1) is 0 Å². The van der Waals surface area contributed by atoms with Gasteiger partial charge in [0.05, 0.1) is 13.2 Å². The molecule has 1 rings (SSSR count). The maximum absolute atomic E-state index is 9.56. The summed E-state index contributed by atoms with van der Waals surface area (Å²) >= 11 is 4.00. The molecule has 0 aliphatic carbocycles. The minimum atomic E-state index is -1.38. The van der Waals surface area contributed by atoms with Crippen molar-refractivity contribution in [2.75, 3.05) is 19.0 Å². The lowest BCUT2D eigenvalue weighted by atomic mass is 9.99. The first-order chi connectivity index (χ1) is 7.61. The van der Waals surface area contributed by atoms with Gasteiger partial charge >= 0.3 is 0 Å². The first-order valence-corrected chi connectivity index (χ1v) is 5.78. The molecule has 1 saturated heterocycles. The molecule has 0 radical (unpaired) electrons. The molecular formula is C9H18O6S. The predicted molar refractivity (Wildman–Crippen MR) is 58.2 cm³/mol. The Morgan fingerprint density at radius 1 is 1.12 bits per heavy atom. The number of rotatable bonds is 5. The van der Waals surface area contributed by atoms with Crippen LogP contribution in [0.3, 0.4) is 0 Å². The average Bonchev–Trinajstić information content (AvgIpc) is 2.29. The lowest BCUT2D eigenvalue weighted by Gasteiger charge is -2.39. The molecule has 0 saturated carbocycles. The van der Waals surface area contributed by atoms with Crippen molar-refractivity contribution < 1.29 is 29.9 Å². The summed E-state index contributed by atoms with van der Waals surface area (Å²) in [5.74, 6) is 0.636. The van der Waals surface area contributed by atoms with E-state index in [1.165, 1.54) is 0 Å². The van der Waals surface area contributed by atoms with Crippen molar-refractivity contribution in [3.8, 4) is 0 Å². The van der Waals surface area contributed by atoms with Crippen molar-refractivity contribution >= 4 is 12.6 Å². The Labute approximate surface area is 99.2 Å². The molecule has 2 unspecified atom stereocenters. The predicted octanol–water partition coefficient (Wildman–Crippen LogP) is -1.88. The number of aliphatic hydroxyl groups is 4. The second-order valence-electron chi connectivity index (χ2n) is 3.65. The number of hydrogen-bond donors (Lipinski definition) is 5. The van der Waals surface area contributed by atoms with Crippen molar-refractivity contribution in [1.29, 1.82) is 0 Å². The second-order valence-corrected chi connectivity index (χ2v) is 4.09. The Hall–Kier alpha value is 0.110. The van der Waals surface area contributed by atoms with Crippen LogP contribution in [0.15, 0.2) is 0 Å². The Morgan fingerprint density at radius 2 is 1.81 bits per heavy atom. The third-order valence-corrected chi connectivity index (χ3v) is 2.75. The van der Waals surface area contributed by atoms with Crippen LogP contribution in [-0.2, 0) is 9.47 Å². The molecule has 1 aliphatic rings. The Bertz CT molecular complexity index is 202. The highest BCUT2D eigenvalue weighted by Crippen LogP contribution is 2.21. The van der Waals surface area contributed by atoms with Crippen molar-refractivity contribution in [3.63, 3.8) is 0 Å². The van der Waals surface area contributed by atoms with Crippen LogP contribution in [0.2, 0.25) is 0 Å². The molecule has 96 valence electrons. The van der Waals surface area contributed by atoms with Crippen LogP contribution in [0.4, 0.5) is 0 Å². The Balaban J connectivity index is 2.50. The SMILES string of the molecule is OCC1O[C@@H](OCCCS)[C@@H](O)C(O)[C@@H]1O. The molecule has 0 spiro atoms. The van der Waals surface area contributed by atoms with Gasteiger partial charge in [0.2, 0.25) is 0 Å². The van der Waals surface area contributed by atoms with Gasteiger partial charge in [0, 0.05) is 0 Å². The molecule has 0 amide bonds. The summed E-state index contributed by atoms with van der Waals surface area (Å²) in [5.41, 5.74) is 0. The zero-order valence-corrected chi connectivity index (χ0v) is 9.66. The zero-order chi connectivity index (χ0) is 12.1. The average molecular weight is 254 g/mol. The van der Waals surface area contributed by atoms with E-state index in [0.717, 1.165) is 0 Å². The Morgan fingerprint density at radius 3 is 2.38 bits per heavy atom. The van der Waals surface area contributed by atoms with E-state index in [-0.39, 0.29) is 0 Å². The van der Waals surface area contributed by atoms with Gasteiger partial charge < -0.3 is 29.9 Å².